The average molecular weight is 427 g/mol. The fourth-order valence-corrected chi connectivity index (χ4v) is 3.70. The van der Waals surface area contributed by atoms with Crippen LogP contribution in [0.5, 0.6) is 11.5 Å². The highest BCUT2D eigenvalue weighted by Gasteiger charge is 2.24. The molecular formula is C21H18FN3O4S. The summed E-state index contributed by atoms with van der Waals surface area (Å²) in [5.41, 5.74) is 2.03. The van der Waals surface area contributed by atoms with Gasteiger partial charge in [0, 0.05) is 11.8 Å². The van der Waals surface area contributed by atoms with Crippen molar-refractivity contribution in [3.05, 3.63) is 72.5 Å². The van der Waals surface area contributed by atoms with Gasteiger partial charge in [-0.15, -0.1) is 0 Å². The monoisotopic (exact) mass is 427 g/mol. The van der Waals surface area contributed by atoms with Crippen molar-refractivity contribution in [1.82, 2.24) is 0 Å². The predicted molar refractivity (Wildman–Crippen MR) is 112 cm³/mol. The number of ether oxygens (including phenoxy) is 2. The maximum absolute atomic E-state index is 13.5. The molecule has 1 aliphatic rings. The van der Waals surface area contributed by atoms with Gasteiger partial charge in [0.05, 0.1) is 29.9 Å². The minimum absolute atomic E-state index is 0.00247. The van der Waals surface area contributed by atoms with Crippen molar-refractivity contribution in [2.24, 2.45) is 10.1 Å². The molecule has 0 fully saturated rings. The summed E-state index contributed by atoms with van der Waals surface area (Å²) in [6, 6.07) is 17.7. The number of anilines is 2. The third kappa shape index (κ3) is 3.98. The van der Waals surface area contributed by atoms with Gasteiger partial charge in [-0.25, -0.2) is 22.9 Å². The highest BCUT2D eigenvalue weighted by Crippen LogP contribution is 2.38. The first kappa shape index (κ1) is 19.9. The molecule has 30 heavy (non-hydrogen) atoms. The van der Waals surface area contributed by atoms with Gasteiger partial charge in [-0.2, -0.15) is 0 Å². The van der Waals surface area contributed by atoms with Crippen molar-refractivity contribution in [2.45, 2.75) is 4.90 Å². The van der Waals surface area contributed by atoms with Crippen LogP contribution in [0.1, 0.15) is 0 Å². The molecule has 0 aromatic heterocycles. The first-order valence-corrected chi connectivity index (χ1v) is 10.5. The molecule has 0 atom stereocenters. The Labute approximate surface area is 173 Å². The molecule has 0 bridgehead atoms. The molecule has 7 nitrogen and oxygen atoms in total. The van der Waals surface area contributed by atoms with Gasteiger partial charge in [0.25, 0.3) is 0 Å². The van der Waals surface area contributed by atoms with Crippen LogP contribution < -0.4 is 19.5 Å². The Kier molecular flexibility index (Phi) is 5.15. The molecule has 0 spiro atoms. The number of nitrogens with two attached hydrogens (primary N) is 1. The van der Waals surface area contributed by atoms with Gasteiger partial charge >= 0.3 is 0 Å². The van der Waals surface area contributed by atoms with E-state index in [4.69, 9.17) is 14.6 Å². The molecule has 0 amide bonds. The smallest absolute Gasteiger partial charge is 0.238 e. The lowest BCUT2D eigenvalue weighted by Gasteiger charge is -2.30. The topological polar surface area (TPSA) is 94.2 Å². The number of primary sulfonamides is 1. The second-order valence-corrected chi connectivity index (χ2v) is 8.08. The molecule has 2 N–H and O–H groups in total. The average Bonchev–Trinajstić information content (AvgIpc) is 2.74. The Morgan fingerprint density at radius 3 is 2.60 bits per heavy atom. The number of aliphatic imine (C=N–C) groups is 1. The van der Waals surface area contributed by atoms with Crippen LogP contribution in [0.3, 0.4) is 0 Å². The third-order valence-electron chi connectivity index (χ3n) is 4.52. The number of rotatable bonds is 4. The number of hydrogen-bond acceptors (Lipinski definition) is 6. The summed E-state index contributed by atoms with van der Waals surface area (Å²) in [6.45, 7) is 0.214. The molecule has 0 saturated heterocycles. The molecule has 0 unspecified atom stereocenters. The number of halogens is 1. The number of nitrogens with zero attached hydrogens (tertiary/aromatic N) is 2. The van der Waals surface area contributed by atoms with E-state index in [1.165, 1.54) is 37.4 Å². The van der Waals surface area contributed by atoms with E-state index in [0.717, 1.165) is 5.69 Å². The predicted octanol–water partition coefficient (Wildman–Crippen LogP) is 3.74. The quantitative estimate of drug-likeness (QED) is 0.685. The second-order valence-electron chi connectivity index (χ2n) is 6.52. The number of fused-ring (bicyclic) bond motifs is 1. The molecule has 4 rings (SSSR count). The maximum Gasteiger partial charge on any atom is 0.238 e. The molecule has 1 heterocycles. The first-order valence-electron chi connectivity index (χ1n) is 8.93. The molecule has 0 aliphatic carbocycles. The summed E-state index contributed by atoms with van der Waals surface area (Å²) < 4.78 is 48.2. The van der Waals surface area contributed by atoms with E-state index in [2.05, 4.69) is 4.99 Å². The highest BCUT2D eigenvalue weighted by molar-refractivity contribution is 7.89. The SMILES string of the molecule is COc1cc(F)ccc1OC1=Nc2ccccc2N(c2cccc(S(N)(=O)=O)c2)C1. The number of methoxy groups -OCH3 is 1. The van der Waals surface area contributed by atoms with Crippen molar-refractivity contribution >= 4 is 33.0 Å². The Bertz CT molecular complexity index is 1240. The summed E-state index contributed by atoms with van der Waals surface area (Å²) >= 11 is 0. The van der Waals surface area contributed by atoms with Crippen LogP contribution in [0.2, 0.25) is 0 Å². The zero-order valence-electron chi connectivity index (χ0n) is 15.9. The van der Waals surface area contributed by atoms with Crippen molar-refractivity contribution < 1.29 is 22.3 Å². The summed E-state index contributed by atoms with van der Waals surface area (Å²) in [4.78, 5) is 6.41. The van der Waals surface area contributed by atoms with E-state index >= 15 is 0 Å². The summed E-state index contributed by atoms with van der Waals surface area (Å²) in [6.07, 6.45) is 0. The summed E-state index contributed by atoms with van der Waals surface area (Å²) in [5.74, 6) is 0.436. The number of para-hydroxylation sites is 2. The lowest BCUT2D eigenvalue weighted by Crippen LogP contribution is -2.31. The van der Waals surface area contributed by atoms with Gasteiger partial charge in [0.1, 0.15) is 5.82 Å². The molecule has 1 aliphatic heterocycles. The molecule has 3 aromatic carbocycles. The van der Waals surface area contributed by atoms with Crippen LogP contribution in [0.25, 0.3) is 0 Å². The minimum atomic E-state index is -3.86. The van der Waals surface area contributed by atoms with Crippen LogP contribution in [-0.4, -0.2) is 28.0 Å². The third-order valence-corrected chi connectivity index (χ3v) is 5.43. The van der Waals surface area contributed by atoms with Gasteiger partial charge in [0.2, 0.25) is 15.9 Å². The fraction of sp³-hybridized carbons (Fsp3) is 0.0952. The van der Waals surface area contributed by atoms with Crippen LogP contribution in [0.15, 0.2) is 76.6 Å². The van der Waals surface area contributed by atoms with Gasteiger partial charge < -0.3 is 14.4 Å². The summed E-state index contributed by atoms with van der Waals surface area (Å²) in [7, 11) is -2.44. The normalized spacial score (nSPS) is 13.4. The molecule has 0 radical (unpaired) electrons. The maximum atomic E-state index is 13.5. The zero-order valence-corrected chi connectivity index (χ0v) is 16.8. The zero-order chi connectivity index (χ0) is 21.3. The second kappa shape index (κ2) is 7.77. The van der Waals surface area contributed by atoms with Crippen molar-refractivity contribution in [3.8, 4) is 11.5 Å². The highest BCUT2D eigenvalue weighted by atomic mass is 32.2. The Morgan fingerprint density at radius 2 is 1.83 bits per heavy atom. The van der Waals surface area contributed by atoms with Crippen LogP contribution >= 0.6 is 0 Å². The molecule has 154 valence electrons. The van der Waals surface area contributed by atoms with Gasteiger partial charge in [-0.3, -0.25) is 0 Å². The molecule has 3 aromatic rings. The lowest BCUT2D eigenvalue weighted by molar-refractivity contribution is 0.386. The number of hydrogen-bond donors (Lipinski definition) is 1. The largest absolute Gasteiger partial charge is 0.493 e. The first-order chi connectivity index (χ1) is 14.3. The van der Waals surface area contributed by atoms with E-state index in [0.29, 0.717) is 23.0 Å². The minimum Gasteiger partial charge on any atom is -0.493 e. The van der Waals surface area contributed by atoms with E-state index in [1.807, 2.05) is 29.2 Å². The van der Waals surface area contributed by atoms with Crippen LogP contribution in [-0.2, 0) is 10.0 Å². The van der Waals surface area contributed by atoms with Crippen molar-refractivity contribution in [2.75, 3.05) is 18.6 Å². The lowest BCUT2D eigenvalue weighted by atomic mass is 10.2. The van der Waals surface area contributed by atoms with E-state index in [9.17, 15) is 12.8 Å². The van der Waals surface area contributed by atoms with Crippen LogP contribution in [0.4, 0.5) is 21.5 Å². The van der Waals surface area contributed by atoms with Gasteiger partial charge in [-0.1, -0.05) is 18.2 Å². The van der Waals surface area contributed by atoms with E-state index in [1.54, 1.807) is 12.1 Å². The van der Waals surface area contributed by atoms with Gasteiger partial charge in [-0.05, 0) is 42.5 Å². The summed E-state index contributed by atoms with van der Waals surface area (Å²) in [5, 5.41) is 5.28. The van der Waals surface area contributed by atoms with Crippen LogP contribution in [0, 0.1) is 5.82 Å². The molecular weight excluding hydrogens is 409 g/mol. The Balaban J connectivity index is 1.74. The number of benzene rings is 3. The standard InChI is InChI=1S/C21H18FN3O4S/c1-28-20-11-14(22)9-10-19(20)29-21-13-25(18-8-3-2-7-17(18)24-21)15-5-4-6-16(12-15)30(23,26)27/h2-12H,13H2,1H3,(H2,23,26,27). The van der Waals surface area contributed by atoms with E-state index in [-0.39, 0.29) is 17.2 Å². The number of sulfonamides is 1. The molecule has 9 heteroatoms. The Morgan fingerprint density at radius 1 is 1.03 bits per heavy atom. The van der Waals surface area contributed by atoms with Gasteiger partial charge in [0.15, 0.2) is 11.5 Å². The fourth-order valence-electron chi connectivity index (χ4n) is 3.14. The van der Waals surface area contributed by atoms with Crippen molar-refractivity contribution in [3.63, 3.8) is 0 Å². The Hall–Kier alpha value is -3.43. The molecule has 0 saturated carbocycles. The van der Waals surface area contributed by atoms with Crippen molar-refractivity contribution in [1.29, 1.82) is 0 Å². The van der Waals surface area contributed by atoms with E-state index < -0.39 is 15.8 Å².